The SMILES string of the molecule is Cc1ccccc1-n1nc(C(=O)O)c(C)c1Oc1ccc(NC(=O)C(C)C)cc1S(=O)(=O)NC(C)C. The second kappa shape index (κ2) is 10.5. The first-order valence-corrected chi connectivity index (χ1v) is 12.8. The normalized spacial score (nSPS) is 11.7. The van der Waals surface area contributed by atoms with E-state index >= 15 is 0 Å². The Morgan fingerprint density at radius 2 is 1.72 bits per heavy atom. The molecular weight excluding hydrogens is 484 g/mol. The van der Waals surface area contributed by atoms with Crippen molar-refractivity contribution in [3.05, 3.63) is 59.3 Å². The van der Waals surface area contributed by atoms with Crippen molar-refractivity contribution in [2.45, 2.75) is 52.5 Å². The number of carboxylic acids is 1. The van der Waals surface area contributed by atoms with Gasteiger partial charge in [0.15, 0.2) is 5.69 Å². The average molecular weight is 515 g/mol. The molecule has 0 aliphatic heterocycles. The van der Waals surface area contributed by atoms with Crippen molar-refractivity contribution in [1.82, 2.24) is 14.5 Å². The number of aromatic nitrogens is 2. The molecule has 0 saturated carbocycles. The number of amides is 1. The first-order chi connectivity index (χ1) is 16.8. The van der Waals surface area contributed by atoms with Crippen LogP contribution in [0.5, 0.6) is 11.6 Å². The summed E-state index contributed by atoms with van der Waals surface area (Å²) in [5, 5.41) is 16.6. The van der Waals surface area contributed by atoms with E-state index in [0.29, 0.717) is 5.69 Å². The molecule has 0 aliphatic rings. The summed E-state index contributed by atoms with van der Waals surface area (Å²) in [6.45, 7) is 10.2. The Bertz CT molecular complexity index is 1410. The van der Waals surface area contributed by atoms with E-state index in [2.05, 4.69) is 15.1 Å². The monoisotopic (exact) mass is 514 g/mol. The van der Waals surface area contributed by atoms with Gasteiger partial charge in [-0.15, -0.1) is 0 Å². The number of carbonyl (C=O) groups is 2. The number of hydrogen-bond acceptors (Lipinski definition) is 6. The lowest BCUT2D eigenvalue weighted by Gasteiger charge is -2.17. The van der Waals surface area contributed by atoms with Crippen LogP contribution in [0.1, 0.15) is 49.3 Å². The molecule has 3 N–H and O–H groups in total. The summed E-state index contributed by atoms with van der Waals surface area (Å²) in [5.74, 6) is -1.83. The minimum Gasteiger partial charge on any atom is -0.476 e. The smallest absolute Gasteiger partial charge is 0.356 e. The predicted molar refractivity (Wildman–Crippen MR) is 135 cm³/mol. The number of rotatable bonds is 9. The molecular formula is C25H30N4O6S. The predicted octanol–water partition coefficient (Wildman–Crippen LogP) is 4.26. The lowest BCUT2D eigenvalue weighted by molar-refractivity contribution is -0.118. The van der Waals surface area contributed by atoms with Crippen molar-refractivity contribution in [2.75, 3.05) is 5.32 Å². The standard InChI is InChI=1S/C25H30N4O6S/c1-14(2)23(30)26-18-11-12-20(21(13-18)36(33,34)28-15(3)4)35-24-17(6)22(25(31)32)27-29(24)19-10-8-7-9-16(19)5/h7-15,28H,1-6H3,(H,26,30)(H,31,32). The number of carbonyl (C=O) groups excluding carboxylic acids is 1. The van der Waals surface area contributed by atoms with Crippen molar-refractivity contribution in [2.24, 2.45) is 5.92 Å². The lowest BCUT2D eigenvalue weighted by atomic mass is 10.2. The van der Waals surface area contributed by atoms with Crippen molar-refractivity contribution in [3.63, 3.8) is 0 Å². The minimum atomic E-state index is -4.07. The number of nitrogens with one attached hydrogen (secondary N) is 2. The third-order valence-corrected chi connectivity index (χ3v) is 6.92. The maximum atomic E-state index is 13.2. The highest BCUT2D eigenvalue weighted by Crippen LogP contribution is 2.36. The Hall–Kier alpha value is -3.70. The Kier molecular flexibility index (Phi) is 7.85. The minimum absolute atomic E-state index is 0.0551. The van der Waals surface area contributed by atoms with Crippen molar-refractivity contribution in [1.29, 1.82) is 0 Å². The molecule has 192 valence electrons. The van der Waals surface area contributed by atoms with E-state index in [0.717, 1.165) is 5.56 Å². The summed E-state index contributed by atoms with van der Waals surface area (Å²) in [5.41, 5.74) is 1.67. The van der Waals surface area contributed by atoms with Gasteiger partial charge in [0.25, 0.3) is 0 Å². The van der Waals surface area contributed by atoms with Crippen LogP contribution in [0.15, 0.2) is 47.4 Å². The highest BCUT2D eigenvalue weighted by molar-refractivity contribution is 7.89. The first-order valence-electron chi connectivity index (χ1n) is 11.4. The van der Waals surface area contributed by atoms with Crippen LogP contribution < -0.4 is 14.8 Å². The van der Waals surface area contributed by atoms with E-state index in [1.807, 2.05) is 19.1 Å². The molecule has 0 saturated heterocycles. The summed E-state index contributed by atoms with van der Waals surface area (Å²) >= 11 is 0. The molecule has 3 rings (SSSR count). The highest BCUT2D eigenvalue weighted by Gasteiger charge is 2.27. The van der Waals surface area contributed by atoms with Gasteiger partial charge in [-0.2, -0.15) is 9.78 Å². The van der Waals surface area contributed by atoms with Crippen molar-refractivity contribution < 1.29 is 27.9 Å². The van der Waals surface area contributed by atoms with Crippen LogP contribution >= 0.6 is 0 Å². The molecule has 11 heteroatoms. The topological polar surface area (TPSA) is 140 Å². The second-order valence-corrected chi connectivity index (χ2v) is 10.6. The molecule has 0 radical (unpaired) electrons. The van der Waals surface area contributed by atoms with Gasteiger partial charge in [-0.1, -0.05) is 32.0 Å². The average Bonchev–Trinajstić information content (AvgIpc) is 3.10. The van der Waals surface area contributed by atoms with Crippen LogP contribution in [0.25, 0.3) is 5.69 Å². The molecule has 0 aliphatic carbocycles. The molecule has 36 heavy (non-hydrogen) atoms. The quantitative estimate of drug-likeness (QED) is 0.388. The van der Waals surface area contributed by atoms with Crippen LogP contribution in [0.3, 0.4) is 0 Å². The number of aromatic carboxylic acids is 1. The Labute approximate surface area is 210 Å². The van der Waals surface area contributed by atoms with Crippen LogP contribution in [-0.2, 0) is 14.8 Å². The maximum absolute atomic E-state index is 13.2. The number of nitrogens with zero attached hydrogens (tertiary/aromatic N) is 2. The molecule has 1 aromatic heterocycles. The summed E-state index contributed by atoms with van der Waals surface area (Å²) in [6.07, 6.45) is 0. The summed E-state index contributed by atoms with van der Waals surface area (Å²) in [6, 6.07) is 11.0. The van der Waals surface area contributed by atoms with Gasteiger partial charge in [0.05, 0.1) is 5.69 Å². The van der Waals surface area contributed by atoms with Gasteiger partial charge >= 0.3 is 5.97 Å². The maximum Gasteiger partial charge on any atom is 0.356 e. The third-order valence-electron chi connectivity index (χ3n) is 5.24. The van der Waals surface area contributed by atoms with Gasteiger partial charge in [-0.05, 0) is 57.5 Å². The Morgan fingerprint density at radius 3 is 2.31 bits per heavy atom. The molecule has 0 bridgehead atoms. The van der Waals surface area contributed by atoms with E-state index in [-0.39, 0.29) is 45.3 Å². The van der Waals surface area contributed by atoms with Crippen molar-refractivity contribution >= 4 is 27.6 Å². The van der Waals surface area contributed by atoms with Gasteiger partial charge in [0, 0.05) is 23.2 Å². The second-order valence-electron chi connectivity index (χ2n) is 8.97. The third kappa shape index (κ3) is 5.74. The lowest BCUT2D eigenvalue weighted by Crippen LogP contribution is -2.30. The van der Waals surface area contributed by atoms with Gasteiger partial charge in [-0.3, -0.25) is 4.79 Å². The zero-order valence-corrected chi connectivity index (χ0v) is 21.8. The van der Waals surface area contributed by atoms with E-state index < -0.39 is 22.0 Å². The summed E-state index contributed by atoms with van der Waals surface area (Å²) in [7, 11) is -4.07. The number of benzene rings is 2. The fourth-order valence-electron chi connectivity index (χ4n) is 3.41. The zero-order valence-electron chi connectivity index (χ0n) is 21.0. The summed E-state index contributed by atoms with van der Waals surface area (Å²) < 4.78 is 36.4. The molecule has 0 fully saturated rings. The van der Waals surface area contributed by atoms with Crippen LogP contribution in [0, 0.1) is 19.8 Å². The largest absolute Gasteiger partial charge is 0.476 e. The first kappa shape index (κ1) is 26.9. The van der Waals surface area contributed by atoms with Crippen LogP contribution in [-0.4, -0.2) is 41.2 Å². The number of aryl methyl sites for hydroxylation is 1. The number of carboxylic acid groups (broad SMARTS) is 1. The van der Waals surface area contributed by atoms with Crippen LogP contribution in [0.4, 0.5) is 5.69 Å². The highest BCUT2D eigenvalue weighted by atomic mass is 32.2. The van der Waals surface area contributed by atoms with Gasteiger partial charge in [0.2, 0.25) is 21.8 Å². The molecule has 1 amide bonds. The number of hydrogen-bond donors (Lipinski definition) is 3. The van der Waals surface area contributed by atoms with Gasteiger partial charge in [-0.25, -0.2) is 17.9 Å². The van der Waals surface area contributed by atoms with Crippen LogP contribution in [0.2, 0.25) is 0 Å². The molecule has 0 unspecified atom stereocenters. The molecule has 3 aromatic rings. The van der Waals surface area contributed by atoms with Crippen molar-refractivity contribution in [3.8, 4) is 17.3 Å². The molecule has 2 aromatic carbocycles. The number of ether oxygens (including phenoxy) is 1. The fraction of sp³-hybridized carbons (Fsp3) is 0.320. The van der Waals surface area contributed by atoms with E-state index in [4.69, 9.17) is 4.74 Å². The van der Waals surface area contributed by atoms with Gasteiger partial charge in [0.1, 0.15) is 10.6 Å². The Morgan fingerprint density at radius 1 is 1.06 bits per heavy atom. The summed E-state index contributed by atoms with van der Waals surface area (Å²) in [4.78, 5) is 23.8. The number of para-hydroxylation sites is 1. The van der Waals surface area contributed by atoms with Gasteiger partial charge < -0.3 is 15.2 Å². The van der Waals surface area contributed by atoms with E-state index in [1.54, 1.807) is 46.8 Å². The number of sulfonamides is 1. The Balaban J connectivity index is 2.20. The fourth-order valence-corrected chi connectivity index (χ4v) is 4.82. The van der Waals surface area contributed by atoms with E-state index in [9.17, 15) is 23.1 Å². The molecule has 10 nitrogen and oxygen atoms in total. The molecule has 1 heterocycles. The van der Waals surface area contributed by atoms with E-state index in [1.165, 1.54) is 22.9 Å². The number of anilines is 1. The zero-order chi connectivity index (χ0) is 26.8. The molecule has 0 atom stereocenters. The molecule has 0 spiro atoms.